The molecule has 2 saturated heterocycles. The number of nitrogens with one attached hydrogen (secondary N) is 2. The molecule has 0 saturated carbocycles. The summed E-state index contributed by atoms with van der Waals surface area (Å²) in [6.07, 6.45) is 4.30. The molecule has 2 fully saturated rings. The summed E-state index contributed by atoms with van der Waals surface area (Å²) < 4.78 is 13.5. The number of hydrogen-bond donors (Lipinski definition) is 2. The monoisotopic (exact) mass is 421 g/mol. The molecule has 0 unspecified atom stereocenters. The van der Waals surface area contributed by atoms with Gasteiger partial charge >= 0.3 is 7.12 Å². The zero-order chi connectivity index (χ0) is 20.9. The van der Waals surface area contributed by atoms with E-state index in [9.17, 15) is 0 Å². The van der Waals surface area contributed by atoms with Crippen molar-refractivity contribution in [3.63, 3.8) is 0 Å². The van der Waals surface area contributed by atoms with Gasteiger partial charge in [0.2, 0.25) is 0 Å². The Hall–Kier alpha value is -1.93. The van der Waals surface area contributed by atoms with Gasteiger partial charge in [0.15, 0.2) is 0 Å². The van der Waals surface area contributed by atoms with Crippen LogP contribution < -0.4 is 10.1 Å². The quantitative estimate of drug-likeness (QED) is 0.608. The highest BCUT2D eigenvalue weighted by Crippen LogP contribution is 2.37. The molecule has 5 rings (SSSR count). The van der Waals surface area contributed by atoms with Gasteiger partial charge in [-0.1, -0.05) is 30.3 Å². The van der Waals surface area contributed by atoms with Gasteiger partial charge in [-0.15, -0.1) is 11.3 Å². The van der Waals surface area contributed by atoms with Crippen LogP contribution in [0.1, 0.15) is 52.4 Å². The number of thiophene rings is 1. The number of H-pyrrole nitrogens is 1. The Morgan fingerprint density at radius 3 is 2.37 bits per heavy atom. The fourth-order valence-electron chi connectivity index (χ4n) is 3.99. The normalized spacial score (nSPS) is 22.7. The van der Waals surface area contributed by atoms with E-state index in [-0.39, 0.29) is 18.3 Å². The zero-order valence-electron chi connectivity index (χ0n) is 18.0. The summed E-state index contributed by atoms with van der Waals surface area (Å²) in [5.74, 6) is 1.04. The summed E-state index contributed by atoms with van der Waals surface area (Å²) in [4.78, 5) is 9.28. The van der Waals surface area contributed by atoms with Gasteiger partial charge in [0.25, 0.3) is 0 Å². The van der Waals surface area contributed by atoms with Crippen molar-refractivity contribution in [1.29, 1.82) is 0 Å². The van der Waals surface area contributed by atoms with Crippen molar-refractivity contribution >= 4 is 23.2 Å². The maximum absolute atomic E-state index is 6.19. The average molecular weight is 421 g/mol. The second kappa shape index (κ2) is 7.34. The molecule has 0 aliphatic carbocycles. The first kappa shape index (κ1) is 20.0. The van der Waals surface area contributed by atoms with Crippen LogP contribution in [0.25, 0.3) is 21.7 Å². The number of rotatable bonds is 4. The molecule has 5 nitrogen and oxygen atoms in total. The third-order valence-electron chi connectivity index (χ3n) is 6.58. The summed E-state index contributed by atoms with van der Waals surface area (Å²) in [6.45, 7) is 9.42. The number of aromatic amines is 1. The number of imidazole rings is 1. The molecule has 2 aromatic heterocycles. The minimum absolute atomic E-state index is 0.305. The number of nitrogens with zero attached hydrogens (tertiary/aromatic N) is 1. The minimum atomic E-state index is -0.319. The molecule has 1 atom stereocenters. The van der Waals surface area contributed by atoms with Gasteiger partial charge in [-0.25, -0.2) is 4.98 Å². The fourth-order valence-corrected chi connectivity index (χ4v) is 4.96. The van der Waals surface area contributed by atoms with Crippen LogP contribution in [-0.2, 0) is 9.31 Å². The van der Waals surface area contributed by atoms with Gasteiger partial charge in [0.05, 0.1) is 29.1 Å². The van der Waals surface area contributed by atoms with E-state index < -0.39 is 0 Å². The number of hydrogen-bond acceptors (Lipinski definition) is 5. The Bertz CT molecular complexity index is 1020. The van der Waals surface area contributed by atoms with E-state index in [2.05, 4.69) is 79.4 Å². The van der Waals surface area contributed by atoms with Crippen molar-refractivity contribution in [2.24, 2.45) is 0 Å². The lowest BCUT2D eigenvalue weighted by Gasteiger charge is -2.32. The molecule has 0 amide bonds. The van der Waals surface area contributed by atoms with Crippen molar-refractivity contribution in [2.45, 2.75) is 57.8 Å². The summed E-state index contributed by atoms with van der Waals surface area (Å²) in [5.41, 5.74) is 2.78. The Balaban J connectivity index is 1.32. The predicted molar refractivity (Wildman–Crippen MR) is 123 cm³/mol. The standard InChI is InChI=1S/C23H28BN3O2S/c1-22(2)23(3,4)29-24(28-22)20-12-11-19(30-20)16-9-7-15(8-10-16)18-14-26-21(27-18)17-6-5-13-25-17/h7-12,14,17,25H,5-6,13H2,1-4H3,(H,26,27)/t17-/m0/s1. The van der Waals surface area contributed by atoms with Crippen LogP contribution in [0.3, 0.4) is 0 Å². The van der Waals surface area contributed by atoms with Crippen LogP contribution in [-0.4, -0.2) is 34.8 Å². The highest BCUT2D eigenvalue weighted by Gasteiger charge is 2.52. The molecule has 4 heterocycles. The van der Waals surface area contributed by atoms with Crippen LogP contribution in [0.4, 0.5) is 0 Å². The van der Waals surface area contributed by atoms with E-state index in [1.165, 1.54) is 16.9 Å². The summed E-state index contributed by atoms with van der Waals surface area (Å²) in [7, 11) is -0.305. The summed E-state index contributed by atoms with van der Waals surface area (Å²) in [6, 6.07) is 13.3. The van der Waals surface area contributed by atoms with Crippen LogP contribution >= 0.6 is 11.3 Å². The molecule has 30 heavy (non-hydrogen) atoms. The third kappa shape index (κ3) is 3.54. The average Bonchev–Trinajstić information content (AvgIpc) is 3.49. The highest BCUT2D eigenvalue weighted by atomic mass is 32.1. The molecule has 2 aliphatic heterocycles. The molecule has 7 heteroatoms. The van der Waals surface area contributed by atoms with Crippen LogP contribution in [0, 0.1) is 0 Å². The Kier molecular flexibility index (Phi) is 4.90. The Morgan fingerprint density at radius 2 is 1.70 bits per heavy atom. The molecule has 0 spiro atoms. The van der Waals surface area contributed by atoms with Crippen LogP contribution in [0.2, 0.25) is 0 Å². The summed E-state index contributed by atoms with van der Waals surface area (Å²) >= 11 is 1.73. The van der Waals surface area contributed by atoms with Gasteiger partial charge in [-0.2, -0.15) is 0 Å². The van der Waals surface area contributed by atoms with Crippen molar-refractivity contribution in [2.75, 3.05) is 6.54 Å². The molecule has 1 aromatic carbocycles. The third-order valence-corrected chi connectivity index (χ3v) is 7.73. The maximum Gasteiger partial charge on any atom is 0.505 e. The number of aromatic nitrogens is 2. The van der Waals surface area contributed by atoms with Crippen molar-refractivity contribution in [1.82, 2.24) is 15.3 Å². The van der Waals surface area contributed by atoms with Gasteiger partial charge in [-0.05, 0) is 64.3 Å². The largest absolute Gasteiger partial charge is 0.505 e. The maximum atomic E-state index is 6.19. The SMILES string of the molecule is CC1(C)OB(c2ccc(-c3ccc(-c4cnc([C@@H]5CCCN5)[nH]4)cc3)s2)OC1(C)C. The molecule has 3 aromatic rings. The van der Waals surface area contributed by atoms with E-state index in [0.29, 0.717) is 6.04 Å². The molecular weight excluding hydrogens is 393 g/mol. The predicted octanol–water partition coefficient (Wildman–Crippen LogP) is 4.53. The lowest BCUT2D eigenvalue weighted by atomic mass is 9.88. The van der Waals surface area contributed by atoms with Crippen LogP contribution in [0.15, 0.2) is 42.6 Å². The Morgan fingerprint density at radius 1 is 1.00 bits per heavy atom. The molecule has 0 radical (unpaired) electrons. The van der Waals surface area contributed by atoms with Gasteiger partial charge in [0, 0.05) is 9.65 Å². The van der Waals surface area contributed by atoms with E-state index >= 15 is 0 Å². The Labute approximate surface area is 182 Å². The van der Waals surface area contributed by atoms with E-state index in [1.807, 2.05) is 6.20 Å². The van der Waals surface area contributed by atoms with E-state index in [0.717, 1.165) is 34.8 Å². The van der Waals surface area contributed by atoms with Crippen molar-refractivity contribution in [3.05, 3.63) is 48.4 Å². The zero-order valence-corrected chi connectivity index (χ0v) is 18.8. The lowest BCUT2D eigenvalue weighted by molar-refractivity contribution is 0.00578. The highest BCUT2D eigenvalue weighted by molar-refractivity contribution is 7.25. The second-order valence-electron chi connectivity index (χ2n) is 9.20. The minimum Gasteiger partial charge on any atom is -0.399 e. The van der Waals surface area contributed by atoms with Gasteiger partial charge in [0.1, 0.15) is 5.82 Å². The van der Waals surface area contributed by atoms with E-state index in [1.54, 1.807) is 11.3 Å². The van der Waals surface area contributed by atoms with Crippen molar-refractivity contribution in [3.8, 4) is 21.7 Å². The topological polar surface area (TPSA) is 59.2 Å². The van der Waals surface area contributed by atoms with Gasteiger partial charge in [-0.3, -0.25) is 0 Å². The molecule has 2 N–H and O–H groups in total. The van der Waals surface area contributed by atoms with Crippen molar-refractivity contribution < 1.29 is 9.31 Å². The molecule has 0 bridgehead atoms. The molecule has 2 aliphatic rings. The van der Waals surface area contributed by atoms with Crippen LogP contribution in [0.5, 0.6) is 0 Å². The first-order valence-corrected chi connectivity index (χ1v) is 11.5. The smallest absolute Gasteiger partial charge is 0.399 e. The summed E-state index contributed by atoms with van der Waals surface area (Å²) in [5, 5.41) is 3.49. The fraction of sp³-hybridized carbons (Fsp3) is 0.435. The molecular formula is C23H28BN3O2S. The second-order valence-corrected chi connectivity index (χ2v) is 10.3. The molecule has 156 valence electrons. The number of benzene rings is 1. The first-order chi connectivity index (χ1) is 14.3. The lowest BCUT2D eigenvalue weighted by Crippen LogP contribution is -2.41. The van der Waals surface area contributed by atoms with E-state index in [4.69, 9.17) is 9.31 Å². The first-order valence-electron chi connectivity index (χ1n) is 10.7. The van der Waals surface area contributed by atoms with Gasteiger partial charge < -0.3 is 19.6 Å².